The van der Waals surface area contributed by atoms with Crippen LogP contribution in [0.5, 0.6) is 0 Å². The van der Waals surface area contributed by atoms with Crippen molar-refractivity contribution in [3.63, 3.8) is 0 Å². The molecule has 0 aromatic heterocycles. The van der Waals surface area contributed by atoms with Gasteiger partial charge >= 0.3 is 7.12 Å². The summed E-state index contributed by atoms with van der Waals surface area (Å²) in [5, 5.41) is 19.2. The van der Waals surface area contributed by atoms with Crippen LogP contribution in [0.4, 0.5) is 0 Å². The van der Waals surface area contributed by atoms with E-state index < -0.39 is 18.3 Å². The maximum atomic E-state index is 9.64. The Bertz CT molecular complexity index is 144. The maximum absolute atomic E-state index is 9.64. The van der Waals surface area contributed by atoms with Crippen molar-refractivity contribution in [2.45, 2.75) is 38.9 Å². The van der Waals surface area contributed by atoms with Crippen LogP contribution < -0.4 is 0 Å². The Kier molecular flexibility index (Phi) is 4.23. The number of aliphatic hydroxyl groups is 1. The van der Waals surface area contributed by atoms with Crippen LogP contribution >= 0.6 is 15.9 Å². The van der Waals surface area contributed by atoms with Gasteiger partial charge in [0.25, 0.3) is 0 Å². The van der Waals surface area contributed by atoms with Gasteiger partial charge in [-0.2, -0.15) is 0 Å². The van der Waals surface area contributed by atoms with Crippen molar-refractivity contribution in [3.8, 4) is 0 Å². The summed E-state index contributed by atoms with van der Waals surface area (Å²) in [6.07, 6.45) is 0. The van der Waals surface area contributed by atoms with E-state index in [-0.39, 0.29) is 0 Å². The number of hydrogen-bond donors (Lipinski definition) is 2. The Morgan fingerprint density at radius 3 is 2.00 bits per heavy atom. The van der Waals surface area contributed by atoms with Gasteiger partial charge in [-0.1, -0.05) is 15.9 Å². The highest BCUT2D eigenvalue weighted by Crippen LogP contribution is 2.25. The second-order valence-electron chi connectivity index (χ2n) is 3.80. The molecule has 72 valence electrons. The first kappa shape index (κ1) is 12.4. The zero-order chi connectivity index (χ0) is 9.99. The maximum Gasteiger partial charge on any atom is 0.465 e. The molecule has 5 heteroatoms. The van der Waals surface area contributed by atoms with E-state index in [4.69, 9.17) is 4.65 Å². The number of hydrogen-bond acceptors (Lipinski definition) is 3. The van der Waals surface area contributed by atoms with Crippen LogP contribution in [-0.4, -0.2) is 33.7 Å². The number of alkyl halides is 1. The summed E-state index contributed by atoms with van der Waals surface area (Å²) in [5.74, 6) is 0. The molecule has 0 saturated carbocycles. The lowest BCUT2D eigenvalue weighted by Crippen LogP contribution is -2.50. The Hall–Kier alpha value is 0.425. The van der Waals surface area contributed by atoms with E-state index in [2.05, 4.69) is 15.9 Å². The lowest BCUT2D eigenvalue weighted by molar-refractivity contribution is -0.0993. The molecule has 0 aliphatic rings. The van der Waals surface area contributed by atoms with Gasteiger partial charge in [-0.25, -0.2) is 0 Å². The molecule has 0 fully saturated rings. The minimum absolute atomic E-state index is 0.340. The Balaban J connectivity index is 4.22. The third-order valence-corrected chi connectivity index (χ3v) is 2.59. The van der Waals surface area contributed by atoms with Crippen molar-refractivity contribution in [3.05, 3.63) is 0 Å². The van der Waals surface area contributed by atoms with E-state index in [1.54, 1.807) is 27.7 Å². The molecule has 2 N–H and O–H groups in total. The molecule has 12 heavy (non-hydrogen) atoms. The zero-order valence-corrected chi connectivity index (χ0v) is 9.55. The van der Waals surface area contributed by atoms with Gasteiger partial charge in [0.05, 0.1) is 11.2 Å². The summed E-state index contributed by atoms with van der Waals surface area (Å²) in [5.41, 5.74) is -1.74. The fraction of sp³-hybridized carbons (Fsp3) is 1.00. The Morgan fingerprint density at radius 1 is 1.33 bits per heavy atom. The molecule has 0 unspecified atom stereocenters. The van der Waals surface area contributed by atoms with E-state index in [1.165, 1.54) is 0 Å². The molecule has 0 aliphatic heterocycles. The average Bonchev–Trinajstić information content (AvgIpc) is 1.84. The molecular weight excluding hydrogens is 223 g/mol. The smallest absolute Gasteiger partial charge is 0.426 e. The van der Waals surface area contributed by atoms with Crippen LogP contribution in [0.3, 0.4) is 0 Å². The van der Waals surface area contributed by atoms with Crippen molar-refractivity contribution in [1.29, 1.82) is 0 Å². The predicted molar refractivity (Wildman–Crippen MR) is 53.2 cm³/mol. The molecule has 0 amide bonds. The van der Waals surface area contributed by atoms with Gasteiger partial charge in [0.1, 0.15) is 0 Å². The van der Waals surface area contributed by atoms with E-state index in [0.29, 0.717) is 5.23 Å². The molecule has 0 aromatic rings. The van der Waals surface area contributed by atoms with E-state index in [9.17, 15) is 10.1 Å². The molecule has 0 saturated heterocycles. The van der Waals surface area contributed by atoms with Gasteiger partial charge in [0, 0.05) is 5.23 Å². The average molecular weight is 239 g/mol. The summed E-state index contributed by atoms with van der Waals surface area (Å²) in [6, 6.07) is 0. The lowest BCUT2D eigenvalue weighted by atomic mass is 9.85. The van der Waals surface area contributed by atoms with Gasteiger partial charge in [0.15, 0.2) is 0 Å². The zero-order valence-electron chi connectivity index (χ0n) is 7.97. The van der Waals surface area contributed by atoms with Crippen LogP contribution in [0.25, 0.3) is 0 Å². The predicted octanol–water partition coefficient (Wildman–Crippen LogP) is 0.967. The lowest BCUT2D eigenvalue weighted by Gasteiger charge is -2.38. The van der Waals surface area contributed by atoms with Crippen molar-refractivity contribution in [2.24, 2.45) is 0 Å². The fourth-order valence-electron chi connectivity index (χ4n) is 0.516. The SMILES string of the molecule is CC(C)(O)C(C)(C)OB(O)CBr. The highest BCUT2D eigenvalue weighted by Gasteiger charge is 2.38. The highest BCUT2D eigenvalue weighted by atomic mass is 79.9. The molecule has 0 rings (SSSR count). The molecule has 0 spiro atoms. The molecule has 0 heterocycles. The van der Waals surface area contributed by atoms with Crippen molar-refractivity contribution in [2.75, 3.05) is 5.23 Å². The minimum Gasteiger partial charge on any atom is -0.426 e. The molecular formula is C7H16BBrO3. The Morgan fingerprint density at radius 2 is 1.75 bits per heavy atom. The summed E-state index contributed by atoms with van der Waals surface area (Å²) in [6.45, 7) is 6.76. The second kappa shape index (κ2) is 4.09. The third kappa shape index (κ3) is 3.43. The largest absolute Gasteiger partial charge is 0.465 e. The molecule has 0 atom stereocenters. The summed E-state index contributed by atoms with van der Waals surface area (Å²) in [7, 11) is -0.883. The summed E-state index contributed by atoms with van der Waals surface area (Å²) >= 11 is 3.08. The van der Waals surface area contributed by atoms with Gasteiger partial charge in [0.2, 0.25) is 0 Å². The first-order valence-corrected chi connectivity index (χ1v) is 4.97. The summed E-state index contributed by atoms with van der Waals surface area (Å²) < 4.78 is 5.21. The van der Waals surface area contributed by atoms with Crippen molar-refractivity contribution >= 4 is 23.0 Å². The third-order valence-electron chi connectivity index (χ3n) is 2.04. The monoisotopic (exact) mass is 238 g/mol. The first-order chi connectivity index (χ1) is 5.20. The van der Waals surface area contributed by atoms with E-state index in [0.717, 1.165) is 0 Å². The first-order valence-electron chi connectivity index (χ1n) is 3.85. The standard InChI is InChI=1S/C7H16BBrO3/c1-6(2,10)7(3,4)12-8(11)5-9/h10-11H,5H2,1-4H3. The second-order valence-corrected chi connectivity index (χ2v) is 4.44. The normalized spacial score (nSPS) is 13.2. The van der Waals surface area contributed by atoms with Gasteiger partial charge < -0.3 is 14.8 Å². The van der Waals surface area contributed by atoms with Gasteiger partial charge in [-0.05, 0) is 27.7 Å². The topological polar surface area (TPSA) is 49.7 Å². The quantitative estimate of drug-likeness (QED) is 0.567. The van der Waals surface area contributed by atoms with E-state index in [1.807, 2.05) is 0 Å². The van der Waals surface area contributed by atoms with Gasteiger partial charge in [-0.15, -0.1) is 0 Å². The highest BCUT2D eigenvalue weighted by molar-refractivity contribution is 9.09. The molecule has 0 aromatic carbocycles. The molecule has 0 radical (unpaired) electrons. The number of halogens is 1. The number of rotatable bonds is 4. The molecule has 3 nitrogen and oxygen atoms in total. The van der Waals surface area contributed by atoms with Crippen LogP contribution in [0, 0.1) is 0 Å². The van der Waals surface area contributed by atoms with Crippen molar-refractivity contribution in [1.82, 2.24) is 0 Å². The van der Waals surface area contributed by atoms with Crippen molar-refractivity contribution < 1.29 is 14.8 Å². The molecule has 0 bridgehead atoms. The van der Waals surface area contributed by atoms with Crippen LogP contribution in [0.15, 0.2) is 0 Å². The minimum atomic E-state index is -0.976. The van der Waals surface area contributed by atoms with Crippen LogP contribution in [0.2, 0.25) is 0 Å². The van der Waals surface area contributed by atoms with Crippen LogP contribution in [0.1, 0.15) is 27.7 Å². The van der Waals surface area contributed by atoms with E-state index >= 15 is 0 Å². The summed E-state index contributed by atoms with van der Waals surface area (Å²) in [4.78, 5) is 0. The molecule has 0 aliphatic carbocycles. The van der Waals surface area contributed by atoms with Crippen LogP contribution in [-0.2, 0) is 4.65 Å². The Labute approximate surface area is 82.4 Å². The van der Waals surface area contributed by atoms with Gasteiger partial charge in [-0.3, -0.25) is 0 Å². The fourth-order valence-corrected chi connectivity index (χ4v) is 0.648.